The molecule has 0 saturated carbocycles. The van der Waals surface area contributed by atoms with E-state index in [-0.39, 0.29) is 11.8 Å². The fraction of sp³-hybridized carbons (Fsp3) is 0.286. The number of aryl methyl sites for hydroxylation is 3. The van der Waals surface area contributed by atoms with E-state index in [1.807, 2.05) is 41.3 Å². The van der Waals surface area contributed by atoms with Gasteiger partial charge in [-0.3, -0.25) is 4.79 Å². The second-order valence-electron chi connectivity index (χ2n) is 8.92. The van der Waals surface area contributed by atoms with Crippen LogP contribution < -0.4 is 9.64 Å². The van der Waals surface area contributed by atoms with Gasteiger partial charge in [-0.05, 0) is 61.7 Å². The summed E-state index contributed by atoms with van der Waals surface area (Å²) in [6.45, 7) is 8.05. The van der Waals surface area contributed by atoms with Crippen molar-refractivity contribution in [3.63, 3.8) is 0 Å². The molecule has 5 nitrogen and oxygen atoms in total. The second-order valence-corrected chi connectivity index (χ2v) is 8.92. The van der Waals surface area contributed by atoms with E-state index in [2.05, 4.69) is 55.7 Å². The number of rotatable bonds is 6. The Balaban J connectivity index is 1.43. The minimum atomic E-state index is 0.0447. The van der Waals surface area contributed by atoms with Crippen LogP contribution in [0.3, 0.4) is 0 Å². The smallest absolute Gasteiger partial charge is 0.227 e. The number of hydrogen-bond donors (Lipinski definition) is 0. The van der Waals surface area contributed by atoms with Crippen LogP contribution in [-0.2, 0) is 11.3 Å². The molecule has 1 atom stereocenters. The highest BCUT2D eigenvalue weighted by Gasteiger charge is 2.35. The summed E-state index contributed by atoms with van der Waals surface area (Å²) in [6, 6.07) is 22.5. The van der Waals surface area contributed by atoms with Crippen molar-refractivity contribution < 1.29 is 9.53 Å². The number of aromatic nitrogens is 2. The zero-order valence-electron chi connectivity index (χ0n) is 19.4. The van der Waals surface area contributed by atoms with Gasteiger partial charge in [0.05, 0.1) is 17.6 Å². The molecule has 0 N–H and O–H groups in total. The largest absolute Gasteiger partial charge is 0.491 e. The summed E-state index contributed by atoms with van der Waals surface area (Å²) >= 11 is 0. The van der Waals surface area contributed by atoms with Gasteiger partial charge < -0.3 is 14.2 Å². The summed E-state index contributed by atoms with van der Waals surface area (Å²) in [5.74, 6) is 2.07. The van der Waals surface area contributed by atoms with Gasteiger partial charge in [0.15, 0.2) is 0 Å². The van der Waals surface area contributed by atoms with Gasteiger partial charge in [0.25, 0.3) is 0 Å². The normalized spacial score (nSPS) is 16.0. The number of benzene rings is 3. The molecule has 3 aromatic carbocycles. The van der Waals surface area contributed by atoms with E-state index in [1.165, 1.54) is 0 Å². The Morgan fingerprint density at radius 2 is 1.76 bits per heavy atom. The molecular formula is C28H29N3O2. The summed E-state index contributed by atoms with van der Waals surface area (Å²) in [5, 5.41) is 0. The first-order valence-corrected chi connectivity index (χ1v) is 11.5. The number of amides is 1. The number of hydrogen-bond acceptors (Lipinski definition) is 3. The number of para-hydroxylation sites is 3. The molecule has 1 aliphatic heterocycles. The summed E-state index contributed by atoms with van der Waals surface area (Å²) in [5.41, 5.74) is 6.45. The van der Waals surface area contributed by atoms with Gasteiger partial charge in [0.1, 0.15) is 18.2 Å². The molecule has 1 saturated heterocycles. The lowest BCUT2D eigenvalue weighted by molar-refractivity contribution is -0.117. The SMILES string of the molecule is Cc1ccc(C)c(N2CC(c3nc4ccccc4n3CCOc3ccccc3C)CC2=O)c1. The summed E-state index contributed by atoms with van der Waals surface area (Å²) in [6.07, 6.45) is 0.468. The van der Waals surface area contributed by atoms with E-state index in [4.69, 9.17) is 9.72 Å². The van der Waals surface area contributed by atoms with E-state index in [9.17, 15) is 4.79 Å². The lowest BCUT2D eigenvalue weighted by Gasteiger charge is -2.20. The fourth-order valence-corrected chi connectivity index (χ4v) is 4.73. The van der Waals surface area contributed by atoms with Crippen LogP contribution >= 0.6 is 0 Å². The van der Waals surface area contributed by atoms with Crippen molar-refractivity contribution >= 4 is 22.6 Å². The van der Waals surface area contributed by atoms with Crippen LogP contribution in [0.2, 0.25) is 0 Å². The third kappa shape index (κ3) is 4.11. The zero-order chi connectivity index (χ0) is 22.9. The van der Waals surface area contributed by atoms with Crippen LogP contribution in [-0.4, -0.2) is 28.6 Å². The molecule has 1 aliphatic rings. The van der Waals surface area contributed by atoms with Crippen LogP contribution in [0.5, 0.6) is 5.75 Å². The maximum absolute atomic E-state index is 13.0. The monoisotopic (exact) mass is 439 g/mol. The van der Waals surface area contributed by atoms with Crippen LogP contribution in [0.25, 0.3) is 11.0 Å². The summed E-state index contributed by atoms with van der Waals surface area (Å²) < 4.78 is 8.33. The van der Waals surface area contributed by atoms with E-state index in [1.54, 1.807) is 0 Å². The highest BCUT2D eigenvalue weighted by molar-refractivity contribution is 5.97. The van der Waals surface area contributed by atoms with Crippen molar-refractivity contribution in [3.05, 3.63) is 89.2 Å². The van der Waals surface area contributed by atoms with E-state index in [0.717, 1.165) is 45.0 Å². The van der Waals surface area contributed by atoms with Crippen LogP contribution in [0.4, 0.5) is 5.69 Å². The van der Waals surface area contributed by atoms with Gasteiger partial charge >= 0.3 is 0 Å². The van der Waals surface area contributed by atoms with Crippen LogP contribution in [0, 0.1) is 20.8 Å². The van der Waals surface area contributed by atoms with Crippen molar-refractivity contribution in [2.24, 2.45) is 0 Å². The summed E-state index contributed by atoms with van der Waals surface area (Å²) in [7, 11) is 0. The van der Waals surface area contributed by atoms with Crippen LogP contribution in [0.1, 0.15) is 34.9 Å². The molecule has 0 spiro atoms. The maximum Gasteiger partial charge on any atom is 0.227 e. The van der Waals surface area contributed by atoms with Gasteiger partial charge in [0, 0.05) is 24.6 Å². The molecule has 5 rings (SSSR count). The third-order valence-electron chi connectivity index (χ3n) is 6.50. The number of nitrogens with zero attached hydrogens (tertiary/aromatic N) is 3. The van der Waals surface area contributed by atoms with Crippen LogP contribution in [0.15, 0.2) is 66.7 Å². The topological polar surface area (TPSA) is 47.4 Å². The molecule has 0 radical (unpaired) electrons. The first-order chi connectivity index (χ1) is 16.0. The first kappa shape index (κ1) is 21.3. The minimum Gasteiger partial charge on any atom is -0.491 e. The average molecular weight is 440 g/mol. The maximum atomic E-state index is 13.0. The van der Waals surface area contributed by atoms with Gasteiger partial charge in [-0.15, -0.1) is 0 Å². The molecule has 5 heteroatoms. The van der Waals surface area contributed by atoms with E-state index >= 15 is 0 Å². The van der Waals surface area contributed by atoms with Gasteiger partial charge in [-0.25, -0.2) is 4.98 Å². The van der Waals surface area contributed by atoms with Crippen molar-refractivity contribution in [2.75, 3.05) is 18.1 Å². The molecular weight excluding hydrogens is 410 g/mol. The number of ether oxygens (including phenoxy) is 1. The Kier molecular flexibility index (Phi) is 5.63. The number of imidazole rings is 1. The highest BCUT2D eigenvalue weighted by Crippen LogP contribution is 2.35. The Labute approximate surface area is 194 Å². The van der Waals surface area contributed by atoms with Crippen molar-refractivity contribution in [3.8, 4) is 5.75 Å². The van der Waals surface area contributed by atoms with E-state index in [0.29, 0.717) is 26.1 Å². The molecule has 0 aliphatic carbocycles. The number of fused-ring (bicyclic) bond motifs is 1. The molecule has 168 valence electrons. The second kappa shape index (κ2) is 8.74. The Morgan fingerprint density at radius 1 is 0.970 bits per heavy atom. The Morgan fingerprint density at radius 3 is 2.61 bits per heavy atom. The van der Waals surface area contributed by atoms with Gasteiger partial charge in [-0.2, -0.15) is 0 Å². The Bertz CT molecular complexity index is 1320. The van der Waals surface area contributed by atoms with Crippen molar-refractivity contribution in [1.82, 2.24) is 9.55 Å². The third-order valence-corrected chi connectivity index (χ3v) is 6.50. The molecule has 1 aromatic heterocycles. The molecule has 1 unspecified atom stereocenters. The van der Waals surface area contributed by atoms with E-state index < -0.39 is 0 Å². The predicted molar refractivity (Wildman–Crippen MR) is 132 cm³/mol. The number of carbonyl (C=O) groups is 1. The molecule has 33 heavy (non-hydrogen) atoms. The predicted octanol–water partition coefficient (Wildman–Crippen LogP) is 5.56. The first-order valence-electron chi connectivity index (χ1n) is 11.5. The molecule has 1 amide bonds. The lowest BCUT2D eigenvalue weighted by atomic mass is 10.1. The molecule has 0 bridgehead atoms. The zero-order valence-corrected chi connectivity index (χ0v) is 19.4. The van der Waals surface area contributed by atoms with Gasteiger partial charge in [0.2, 0.25) is 5.91 Å². The lowest BCUT2D eigenvalue weighted by Crippen LogP contribution is -2.25. The number of carbonyl (C=O) groups excluding carboxylic acids is 1. The molecule has 4 aromatic rings. The fourth-order valence-electron chi connectivity index (χ4n) is 4.73. The number of anilines is 1. The van der Waals surface area contributed by atoms with Crippen molar-refractivity contribution in [2.45, 2.75) is 39.7 Å². The van der Waals surface area contributed by atoms with Gasteiger partial charge in [-0.1, -0.05) is 42.5 Å². The molecule has 1 fully saturated rings. The highest BCUT2D eigenvalue weighted by atomic mass is 16.5. The molecule has 2 heterocycles. The minimum absolute atomic E-state index is 0.0447. The van der Waals surface area contributed by atoms with Crippen molar-refractivity contribution in [1.29, 1.82) is 0 Å². The quantitative estimate of drug-likeness (QED) is 0.395. The Hall–Kier alpha value is -3.60. The average Bonchev–Trinajstić information content (AvgIpc) is 3.37. The summed E-state index contributed by atoms with van der Waals surface area (Å²) in [4.78, 5) is 19.9. The standard InChI is InChI=1S/C28H29N3O2/c1-19-12-13-20(2)25(16-19)31-18-22(17-27(31)32)28-29-23-9-5-6-10-24(23)30(28)14-15-33-26-11-7-4-8-21(26)3/h4-13,16,22H,14-15,17-18H2,1-3H3.